The molecule has 2 unspecified atom stereocenters. The van der Waals surface area contributed by atoms with Gasteiger partial charge in [0.25, 0.3) is 0 Å². The van der Waals surface area contributed by atoms with Crippen LogP contribution in [-0.2, 0) is 19.4 Å². The van der Waals surface area contributed by atoms with E-state index in [1.54, 1.807) is 7.11 Å². The van der Waals surface area contributed by atoms with Gasteiger partial charge in [-0.15, -0.1) is 0 Å². The summed E-state index contributed by atoms with van der Waals surface area (Å²) in [6.07, 6.45) is 8.35. The Balaban J connectivity index is 1.52. The van der Waals surface area contributed by atoms with Crippen LogP contribution in [0.5, 0.6) is 5.75 Å². The zero-order chi connectivity index (χ0) is 32.1. The highest BCUT2D eigenvalue weighted by molar-refractivity contribution is 5.99. The van der Waals surface area contributed by atoms with E-state index < -0.39 is 0 Å². The molecular weight excluding hydrogens is 562 g/mol. The Kier molecular flexibility index (Phi) is 10.5. The fourth-order valence-corrected chi connectivity index (χ4v) is 6.75. The van der Waals surface area contributed by atoms with Crippen LogP contribution in [0.1, 0.15) is 57.2 Å². The largest absolute Gasteiger partial charge is 0.494 e. The van der Waals surface area contributed by atoms with Crippen molar-refractivity contribution in [1.29, 1.82) is 0 Å². The van der Waals surface area contributed by atoms with Gasteiger partial charge in [-0.2, -0.15) is 0 Å². The Morgan fingerprint density at radius 2 is 1.96 bits per heavy atom. The minimum Gasteiger partial charge on any atom is -0.494 e. The molecule has 4 N–H and O–H groups in total. The van der Waals surface area contributed by atoms with Gasteiger partial charge in [0.1, 0.15) is 5.75 Å². The highest BCUT2D eigenvalue weighted by Gasteiger charge is 2.26. The number of nitrogens with two attached hydrogens (primary N) is 1. The van der Waals surface area contributed by atoms with E-state index in [0.29, 0.717) is 23.3 Å². The molecule has 0 bridgehead atoms. The molecule has 0 fully saturated rings. The van der Waals surface area contributed by atoms with Crippen LogP contribution in [0.25, 0.3) is 22.2 Å². The zero-order valence-electron chi connectivity index (χ0n) is 27.9. The molecule has 0 spiro atoms. The fraction of sp³-hybridized carbons (Fsp3) is 0.500. The fourth-order valence-electron chi connectivity index (χ4n) is 6.75. The van der Waals surface area contributed by atoms with Crippen LogP contribution in [0, 0.1) is 5.92 Å². The van der Waals surface area contributed by atoms with Crippen molar-refractivity contribution in [2.24, 2.45) is 5.92 Å². The lowest BCUT2D eigenvalue weighted by Crippen LogP contribution is -2.29. The standard InChI is InChI=1S/C36H51N7O2/c1-7-11-26(44)20-24(8-2)21-32-34(27-14-9-12-25-13-10-17-43(32)35(25)27)29-15-16-38-36(39-29)40-30-22-28(37)31(23-33(30)45-6)42(5)19-18-41(3)4/h9,12,14-16,22-24,26,44H,7-8,10-11,13,17-21,37H2,1-6H3,(H,38,39,40). The highest BCUT2D eigenvalue weighted by Crippen LogP contribution is 2.41. The number of hydrogen-bond acceptors (Lipinski definition) is 8. The van der Waals surface area contributed by atoms with E-state index in [4.69, 9.17) is 15.5 Å². The van der Waals surface area contributed by atoms with Crippen molar-refractivity contribution in [2.75, 3.05) is 57.3 Å². The molecular formula is C36H51N7O2. The van der Waals surface area contributed by atoms with Crippen molar-refractivity contribution in [2.45, 2.75) is 71.4 Å². The molecule has 242 valence electrons. The predicted octanol–water partition coefficient (Wildman–Crippen LogP) is 6.50. The van der Waals surface area contributed by atoms with Crippen molar-refractivity contribution in [3.05, 3.63) is 53.9 Å². The van der Waals surface area contributed by atoms with E-state index in [0.717, 1.165) is 81.6 Å². The Morgan fingerprint density at radius 3 is 2.69 bits per heavy atom. The number of aryl methyl sites for hydroxylation is 2. The number of nitrogens with one attached hydrogen (secondary N) is 1. The van der Waals surface area contributed by atoms with Gasteiger partial charge in [-0.25, -0.2) is 9.97 Å². The number of likely N-dealkylation sites (N-methyl/N-ethyl adjacent to an activating group) is 2. The number of hydrogen-bond donors (Lipinski definition) is 3. The first-order valence-electron chi connectivity index (χ1n) is 16.5. The van der Waals surface area contributed by atoms with Crippen LogP contribution in [0.2, 0.25) is 0 Å². The minimum absolute atomic E-state index is 0.263. The normalized spacial score (nSPS) is 14.1. The molecule has 2 aromatic heterocycles. The lowest BCUT2D eigenvalue weighted by atomic mass is 9.90. The summed E-state index contributed by atoms with van der Waals surface area (Å²) in [5, 5.41) is 15.4. The first kappa shape index (κ1) is 32.6. The quantitative estimate of drug-likeness (QED) is 0.131. The summed E-state index contributed by atoms with van der Waals surface area (Å²) in [5.41, 5.74) is 14.9. The van der Waals surface area contributed by atoms with Gasteiger partial charge in [-0.1, -0.05) is 44.9 Å². The first-order chi connectivity index (χ1) is 21.7. The molecule has 5 rings (SSSR count). The van der Waals surface area contributed by atoms with E-state index in [1.165, 1.54) is 27.7 Å². The van der Waals surface area contributed by atoms with E-state index in [1.807, 2.05) is 31.4 Å². The van der Waals surface area contributed by atoms with Crippen LogP contribution in [0.15, 0.2) is 42.6 Å². The van der Waals surface area contributed by atoms with Crippen LogP contribution in [-0.4, -0.2) is 72.0 Å². The van der Waals surface area contributed by atoms with E-state index >= 15 is 0 Å². The first-order valence-corrected chi connectivity index (χ1v) is 16.5. The van der Waals surface area contributed by atoms with Gasteiger partial charge in [0, 0.05) is 55.6 Å². The molecule has 9 nitrogen and oxygen atoms in total. The van der Waals surface area contributed by atoms with E-state index in [-0.39, 0.29) is 6.10 Å². The molecule has 0 amide bonds. The predicted molar refractivity (Wildman–Crippen MR) is 187 cm³/mol. The van der Waals surface area contributed by atoms with Crippen molar-refractivity contribution in [3.63, 3.8) is 0 Å². The van der Waals surface area contributed by atoms with Crippen molar-refractivity contribution >= 4 is 33.9 Å². The highest BCUT2D eigenvalue weighted by atomic mass is 16.5. The van der Waals surface area contributed by atoms with Crippen LogP contribution in [0.3, 0.4) is 0 Å². The molecule has 2 atom stereocenters. The van der Waals surface area contributed by atoms with Gasteiger partial charge in [0.2, 0.25) is 5.95 Å². The summed E-state index contributed by atoms with van der Waals surface area (Å²) in [4.78, 5) is 14.0. The summed E-state index contributed by atoms with van der Waals surface area (Å²) in [5.74, 6) is 1.55. The van der Waals surface area contributed by atoms with Crippen molar-refractivity contribution in [3.8, 4) is 17.0 Å². The third-order valence-corrected chi connectivity index (χ3v) is 9.19. The van der Waals surface area contributed by atoms with Crippen LogP contribution < -0.4 is 20.7 Å². The molecule has 3 heterocycles. The van der Waals surface area contributed by atoms with Crippen molar-refractivity contribution < 1.29 is 9.84 Å². The van der Waals surface area contributed by atoms with E-state index in [2.05, 4.69) is 70.8 Å². The molecule has 0 saturated carbocycles. The monoisotopic (exact) mass is 613 g/mol. The van der Waals surface area contributed by atoms with Crippen LogP contribution in [0.4, 0.5) is 23.0 Å². The number of nitrogen functional groups attached to an aromatic ring is 1. The van der Waals surface area contributed by atoms with Gasteiger partial charge < -0.3 is 35.3 Å². The van der Waals surface area contributed by atoms with Gasteiger partial charge in [0.05, 0.1) is 41.5 Å². The Morgan fingerprint density at radius 1 is 1.13 bits per heavy atom. The number of nitrogens with zero attached hydrogens (tertiary/aromatic N) is 5. The smallest absolute Gasteiger partial charge is 0.227 e. The SMILES string of the molecule is CCCC(O)CC(CC)Cc1c(-c2ccnc(Nc3cc(N)c(N(C)CCN(C)C)cc3OC)n2)c2cccc3c2n1CCC3. The maximum Gasteiger partial charge on any atom is 0.227 e. The van der Waals surface area contributed by atoms with Gasteiger partial charge >= 0.3 is 0 Å². The number of aliphatic hydroxyl groups is 1. The molecule has 4 aromatic rings. The number of aliphatic hydroxyl groups excluding tert-OH is 1. The average molecular weight is 614 g/mol. The molecule has 0 aliphatic carbocycles. The second-order valence-electron chi connectivity index (χ2n) is 12.8. The summed E-state index contributed by atoms with van der Waals surface area (Å²) in [6.45, 7) is 7.13. The zero-order valence-corrected chi connectivity index (χ0v) is 27.9. The number of aromatic nitrogens is 3. The summed E-state index contributed by atoms with van der Waals surface area (Å²) in [6, 6.07) is 12.6. The molecule has 9 heteroatoms. The minimum atomic E-state index is -0.263. The molecule has 1 aliphatic rings. The van der Waals surface area contributed by atoms with Crippen molar-refractivity contribution in [1.82, 2.24) is 19.4 Å². The lowest BCUT2D eigenvalue weighted by molar-refractivity contribution is 0.130. The van der Waals surface area contributed by atoms with Gasteiger partial charge in [0.15, 0.2) is 0 Å². The maximum absolute atomic E-state index is 10.7. The molecule has 1 aliphatic heterocycles. The average Bonchev–Trinajstić information content (AvgIpc) is 3.34. The number of para-hydroxylation sites is 1. The number of benzene rings is 2. The third kappa shape index (κ3) is 7.20. The number of methoxy groups -OCH3 is 1. The van der Waals surface area contributed by atoms with Crippen LogP contribution >= 0.6 is 0 Å². The number of anilines is 4. The summed E-state index contributed by atoms with van der Waals surface area (Å²) < 4.78 is 8.32. The topological polar surface area (TPSA) is 105 Å². The Hall–Kier alpha value is -3.82. The molecule has 45 heavy (non-hydrogen) atoms. The molecule has 0 radical (unpaired) electrons. The molecule has 2 aromatic carbocycles. The lowest BCUT2D eigenvalue weighted by Gasteiger charge is -2.24. The van der Waals surface area contributed by atoms with Gasteiger partial charge in [-0.3, -0.25) is 0 Å². The second-order valence-corrected chi connectivity index (χ2v) is 12.8. The third-order valence-electron chi connectivity index (χ3n) is 9.19. The second kappa shape index (κ2) is 14.5. The Bertz CT molecular complexity index is 1600. The van der Waals surface area contributed by atoms with Gasteiger partial charge in [-0.05, 0) is 69.8 Å². The number of rotatable bonds is 15. The molecule has 0 saturated heterocycles. The number of ether oxygens (including phenoxy) is 1. The van der Waals surface area contributed by atoms with E-state index in [9.17, 15) is 5.11 Å². The summed E-state index contributed by atoms with van der Waals surface area (Å²) in [7, 11) is 7.83. The summed E-state index contributed by atoms with van der Waals surface area (Å²) >= 11 is 0. The Labute approximate surface area is 268 Å². The maximum atomic E-state index is 10.7.